The number of imidazole rings is 1. The number of amides is 4. The molecule has 16 heteroatoms. The summed E-state index contributed by atoms with van der Waals surface area (Å²) < 4.78 is 42.5. The van der Waals surface area contributed by atoms with E-state index in [4.69, 9.17) is 9.47 Å². The van der Waals surface area contributed by atoms with E-state index in [-0.39, 0.29) is 68.8 Å². The number of hydrogen-bond acceptors (Lipinski definition) is 9. The molecule has 238 valence electrons. The molecule has 2 aliphatic rings. The number of aromatic nitrogens is 3. The molecular weight excluding hydrogens is 606 g/mol. The molecule has 2 N–H and O–H groups in total. The summed E-state index contributed by atoms with van der Waals surface area (Å²) in [4.78, 5) is 61.9. The summed E-state index contributed by atoms with van der Waals surface area (Å²) in [5, 5.41) is 5.05. The van der Waals surface area contributed by atoms with E-state index in [0.717, 1.165) is 17.0 Å². The second-order valence-corrected chi connectivity index (χ2v) is 10.5. The molecule has 0 radical (unpaired) electrons. The van der Waals surface area contributed by atoms with E-state index in [1.807, 2.05) is 0 Å². The summed E-state index contributed by atoms with van der Waals surface area (Å²) in [6.45, 7) is 0.248. The first-order chi connectivity index (χ1) is 22.2. The Morgan fingerprint density at radius 2 is 1.74 bits per heavy atom. The molecule has 2 aromatic heterocycles. The predicted octanol–water partition coefficient (Wildman–Crippen LogP) is 2.20. The van der Waals surface area contributed by atoms with Gasteiger partial charge in [0, 0.05) is 56.9 Å². The van der Waals surface area contributed by atoms with Crippen molar-refractivity contribution in [3.05, 3.63) is 84.4 Å². The fourth-order valence-corrected chi connectivity index (χ4v) is 5.15. The lowest BCUT2D eigenvalue weighted by atomic mass is 10.2. The summed E-state index contributed by atoms with van der Waals surface area (Å²) in [7, 11) is 0. The maximum Gasteiger partial charge on any atom is 0.414 e. The fraction of sp³-hybridized carbons (Fsp3) is 0.267. The summed E-state index contributed by atoms with van der Waals surface area (Å²) in [6, 6.07) is 12.2. The van der Waals surface area contributed by atoms with Gasteiger partial charge in [-0.2, -0.15) is 0 Å². The van der Waals surface area contributed by atoms with Crippen LogP contribution in [0.1, 0.15) is 10.5 Å². The number of benzene rings is 2. The Balaban J connectivity index is 0.992. The van der Waals surface area contributed by atoms with Crippen molar-refractivity contribution < 1.29 is 37.4 Å². The Morgan fingerprint density at radius 3 is 2.46 bits per heavy atom. The van der Waals surface area contributed by atoms with Crippen molar-refractivity contribution in [1.29, 1.82) is 0 Å². The van der Waals surface area contributed by atoms with Crippen molar-refractivity contribution in [2.75, 3.05) is 55.6 Å². The Bertz CT molecular complexity index is 1720. The van der Waals surface area contributed by atoms with Crippen LogP contribution in [-0.2, 0) is 9.53 Å². The van der Waals surface area contributed by atoms with E-state index in [9.17, 15) is 19.2 Å². The molecule has 2 saturated heterocycles. The van der Waals surface area contributed by atoms with Crippen LogP contribution in [-0.4, -0.2) is 95.2 Å². The average Bonchev–Trinajstić information content (AvgIpc) is 3.66. The van der Waals surface area contributed by atoms with E-state index in [2.05, 4.69) is 20.6 Å². The van der Waals surface area contributed by atoms with Gasteiger partial charge in [-0.25, -0.2) is 28.3 Å². The number of para-hydroxylation sites is 1. The van der Waals surface area contributed by atoms with Gasteiger partial charge < -0.3 is 29.9 Å². The molecule has 0 aliphatic carbocycles. The van der Waals surface area contributed by atoms with E-state index in [1.165, 1.54) is 16.0 Å². The monoisotopic (exact) mass is 634 g/mol. The Hall–Kier alpha value is -5.80. The Kier molecular flexibility index (Phi) is 8.58. The molecule has 1 atom stereocenters. The number of carbonyl (C=O) groups is 4. The van der Waals surface area contributed by atoms with Crippen LogP contribution < -0.4 is 25.2 Å². The molecule has 46 heavy (non-hydrogen) atoms. The lowest BCUT2D eigenvalue weighted by Gasteiger charge is -2.36. The molecule has 0 saturated carbocycles. The van der Waals surface area contributed by atoms with E-state index in [0.29, 0.717) is 11.5 Å². The minimum absolute atomic E-state index is 0.0379. The third-order valence-electron chi connectivity index (χ3n) is 7.43. The van der Waals surface area contributed by atoms with Crippen molar-refractivity contribution >= 4 is 41.2 Å². The highest BCUT2D eigenvalue weighted by Gasteiger charge is 2.34. The van der Waals surface area contributed by atoms with Gasteiger partial charge in [0.1, 0.15) is 23.2 Å². The minimum atomic E-state index is -0.884. The number of piperazine rings is 1. The highest BCUT2D eigenvalue weighted by Crippen LogP contribution is 2.31. The van der Waals surface area contributed by atoms with E-state index >= 15 is 8.78 Å². The molecule has 6 rings (SSSR count). The quantitative estimate of drug-likeness (QED) is 0.297. The number of ether oxygens (including phenoxy) is 2. The van der Waals surface area contributed by atoms with Gasteiger partial charge in [0.05, 0.1) is 25.3 Å². The van der Waals surface area contributed by atoms with Gasteiger partial charge in [-0.3, -0.25) is 18.9 Å². The molecule has 0 bridgehead atoms. The molecule has 2 fully saturated rings. The van der Waals surface area contributed by atoms with Crippen molar-refractivity contribution in [1.82, 2.24) is 29.9 Å². The van der Waals surface area contributed by atoms with Crippen molar-refractivity contribution in [3.63, 3.8) is 0 Å². The lowest BCUT2D eigenvalue weighted by Crippen LogP contribution is -2.51. The maximum atomic E-state index is 15.3. The maximum absolute atomic E-state index is 15.3. The smallest absolute Gasteiger partial charge is 0.414 e. The highest BCUT2D eigenvalue weighted by atomic mass is 19.1. The van der Waals surface area contributed by atoms with Gasteiger partial charge in [0.15, 0.2) is 11.6 Å². The fourth-order valence-electron chi connectivity index (χ4n) is 5.15. The number of anilines is 2. The molecule has 14 nitrogen and oxygen atoms in total. The lowest BCUT2D eigenvalue weighted by molar-refractivity contribution is -0.130. The van der Waals surface area contributed by atoms with Crippen LogP contribution in [0.5, 0.6) is 5.75 Å². The molecule has 2 aliphatic heterocycles. The summed E-state index contributed by atoms with van der Waals surface area (Å²) in [5.41, 5.74) is -0.202. The van der Waals surface area contributed by atoms with Crippen molar-refractivity contribution in [2.45, 2.75) is 6.10 Å². The minimum Gasteiger partial charge on any atom is -0.442 e. The van der Waals surface area contributed by atoms with Gasteiger partial charge in [-0.1, -0.05) is 18.2 Å². The second kappa shape index (κ2) is 13.1. The van der Waals surface area contributed by atoms with Crippen molar-refractivity contribution in [3.8, 4) is 5.75 Å². The number of carbonyl (C=O) groups excluding carboxylic acids is 4. The molecular formula is C30H28F2N8O6. The molecule has 0 unspecified atom stereocenters. The normalized spacial score (nSPS) is 16.3. The zero-order valence-electron chi connectivity index (χ0n) is 24.3. The average molecular weight is 635 g/mol. The second-order valence-electron chi connectivity index (χ2n) is 10.5. The summed E-state index contributed by atoms with van der Waals surface area (Å²) >= 11 is 0. The molecule has 4 heterocycles. The predicted molar refractivity (Wildman–Crippen MR) is 159 cm³/mol. The van der Waals surface area contributed by atoms with Gasteiger partial charge in [0.25, 0.3) is 5.91 Å². The Labute approximate surface area is 260 Å². The third-order valence-corrected chi connectivity index (χ3v) is 7.43. The van der Waals surface area contributed by atoms with Crippen LogP contribution in [0.15, 0.2) is 67.1 Å². The number of nitrogens with zero attached hydrogens (tertiary/aromatic N) is 6. The van der Waals surface area contributed by atoms with Crippen LogP contribution in [0.2, 0.25) is 0 Å². The number of fused-ring (bicyclic) bond motifs is 1. The van der Waals surface area contributed by atoms with Crippen LogP contribution in [0, 0.1) is 11.6 Å². The molecule has 0 spiro atoms. The van der Waals surface area contributed by atoms with Gasteiger partial charge in [0.2, 0.25) is 11.7 Å². The first-order valence-electron chi connectivity index (χ1n) is 14.3. The van der Waals surface area contributed by atoms with Crippen molar-refractivity contribution in [2.24, 2.45) is 0 Å². The molecule has 4 aromatic rings. The van der Waals surface area contributed by atoms with Gasteiger partial charge in [-0.05, 0) is 18.2 Å². The van der Waals surface area contributed by atoms with Gasteiger partial charge in [-0.15, -0.1) is 0 Å². The van der Waals surface area contributed by atoms with E-state index < -0.39 is 35.8 Å². The van der Waals surface area contributed by atoms with Crippen LogP contribution in [0.3, 0.4) is 0 Å². The van der Waals surface area contributed by atoms with Crippen LogP contribution in [0.25, 0.3) is 5.78 Å². The largest absolute Gasteiger partial charge is 0.442 e. The van der Waals surface area contributed by atoms with Gasteiger partial charge >= 0.3 is 12.2 Å². The zero-order chi connectivity index (χ0) is 32.2. The Morgan fingerprint density at radius 1 is 1.00 bits per heavy atom. The first-order valence-corrected chi connectivity index (χ1v) is 14.3. The highest BCUT2D eigenvalue weighted by molar-refractivity contribution is 5.95. The number of halogens is 2. The topological polar surface area (TPSA) is 151 Å². The van der Waals surface area contributed by atoms with Crippen LogP contribution >= 0.6 is 0 Å². The zero-order valence-corrected chi connectivity index (χ0v) is 24.3. The summed E-state index contributed by atoms with van der Waals surface area (Å²) in [5.74, 6) is -1.96. The van der Waals surface area contributed by atoms with E-state index in [1.54, 1.807) is 53.2 Å². The number of cyclic esters (lactones) is 1. The molecule has 4 amide bonds. The number of hydrogen-bond donors (Lipinski definition) is 2. The molecule has 2 aromatic carbocycles. The third kappa shape index (κ3) is 6.64. The SMILES string of the molecule is O=C(NC[C@H]1CN(c2cc(F)c(N3CCN(C(=O)CNC(=O)c4cn5cccnc5n4)CC3)c(F)c2)C(=O)O1)Oc1ccccc1. The standard InChI is InChI=1S/C30H28F2N8O6/c31-22-13-19(40-17-21(46-30(40)44)15-35-29(43)45-20-5-2-1-3-6-20)14-23(32)26(22)38-11-9-37(10-12-38)25(41)16-34-27(42)24-18-39-8-4-7-33-28(39)36-24/h1-8,13-14,18,21H,9-12,15-17H2,(H,34,42)(H,35,43)/t21-/m0/s1. The summed E-state index contributed by atoms with van der Waals surface area (Å²) in [6.07, 6.45) is 2.42. The van der Waals surface area contributed by atoms with Crippen LogP contribution in [0.4, 0.5) is 29.7 Å². The number of rotatable bonds is 8. The first kappa shape index (κ1) is 30.2. The number of nitrogens with one attached hydrogen (secondary N) is 2.